The molecular formula is C4H8AgNO. The number of hydrogen-bond acceptors (Lipinski definition) is 1. The van der Waals surface area contributed by atoms with Crippen molar-refractivity contribution in [2.24, 2.45) is 0 Å². The van der Waals surface area contributed by atoms with Gasteiger partial charge in [0.05, 0.1) is 0 Å². The van der Waals surface area contributed by atoms with E-state index < -0.39 is 0 Å². The number of rotatable bonds is 0. The molecule has 0 amide bonds. The summed E-state index contributed by atoms with van der Waals surface area (Å²) in [6.45, 7) is 3.47. The maximum absolute atomic E-state index is 4.98. The molecule has 2 nitrogen and oxygen atoms in total. The first-order valence-electron chi connectivity index (χ1n) is 2.21. The Morgan fingerprint density at radius 1 is 1.14 bits per heavy atom. The molecule has 0 radical (unpaired) electrons. The van der Waals surface area contributed by atoms with Crippen molar-refractivity contribution in [1.82, 2.24) is 0 Å². The predicted octanol–water partition coefficient (Wildman–Crippen LogP) is 0.388. The van der Waals surface area contributed by atoms with E-state index in [4.69, 9.17) is 4.74 Å². The van der Waals surface area contributed by atoms with Crippen molar-refractivity contribution >= 4 is 0 Å². The summed E-state index contributed by atoms with van der Waals surface area (Å²) in [6, 6.07) is 0. The molecule has 0 saturated carbocycles. The van der Waals surface area contributed by atoms with Crippen LogP contribution in [0.3, 0.4) is 0 Å². The van der Waals surface area contributed by atoms with Gasteiger partial charge in [0.2, 0.25) is 0 Å². The van der Waals surface area contributed by atoms with E-state index in [1.165, 1.54) is 0 Å². The first kappa shape index (κ1) is 7.66. The van der Waals surface area contributed by atoms with Crippen molar-refractivity contribution in [1.29, 1.82) is 0 Å². The molecule has 0 atom stereocenters. The van der Waals surface area contributed by atoms with Gasteiger partial charge < -0.3 is 10.1 Å². The smallest absolute Gasteiger partial charge is 0.659 e. The molecule has 1 saturated heterocycles. The minimum absolute atomic E-state index is 0. The fourth-order valence-corrected chi connectivity index (χ4v) is 0.472. The summed E-state index contributed by atoms with van der Waals surface area (Å²) in [5.41, 5.74) is 0. The molecule has 1 aliphatic rings. The Morgan fingerprint density at radius 3 is 1.86 bits per heavy atom. The molecule has 7 heavy (non-hydrogen) atoms. The number of morpholine rings is 1. The maximum atomic E-state index is 4.98. The third kappa shape index (κ3) is 3.26. The molecule has 0 bridgehead atoms. The number of ether oxygens (including phenoxy) is 1. The van der Waals surface area contributed by atoms with Gasteiger partial charge in [0.15, 0.2) is 0 Å². The molecule has 0 aromatic carbocycles. The Kier molecular flexibility index (Phi) is 5.26. The molecule has 0 unspecified atom stereocenters. The van der Waals surface area contributed by atoms with Crippen LogP contribution in [-0.4, -0.2) is 26.3 Å². The average Bonchev–Trinajstić information content (AvgIpc) is 1.72. The van der Waals surface area contributed by atoms with Crippen LogP contribution < -0.4 is 0 Å². The maximum Gasteiger partial charge on any atom is 1.00 e. The molecule has 1 fully saturated rings. The zero-order chi connectivity index (χ0) is 4.24. The van der Waals surface area contributed by atoms with Crippen molar-refractivity contribution in [2.75, 3.05) is 26.3 Å². The summed E-state index contributed by atoms with van der Waals surface area (Å²) < 4.78 is 4.98. The Labute approximate surface area is 59.1 Å². The van der Waals surface area contributed by atoms with Crippen LogP contribution in [0.5, 0.6) is 0 Å². The second-order valence-corrected chi connectivity index (χ2v) is 1.28. The Balaban J connectivity index is 0.000000360. The zero-order valence-electron chi connectivity index (χ0n) is 3.99. The fraction of sp³-hybridized carbons (Fsp3) is 1.00. The molecule has 0 N–H and O–H groups in total. The Morgan fingerprint density at radius 2 is 1.71 bits per heavy atom. The van der Waals surface area contributed by atoms with Crippen molar-refractivity contribution in [2.45, 2.75) is 0 Å². The summed E-state index contributed by atoms with van der Waals surface area (Å²) in [4.78, 5) is 0. The second kappa shape index (κ2) is 4.81. The van der Waals surface area contributed by atoms with Crippen LogP contribution in [0.2, 0.25) is 0 Å². The van der Waals surface area contributed by atoms with Crippen LogP contribution in [0.1, 0.15) is 0 Å². The second-order valence-electron chi connectivity index (χ2n) is 1.28. The van der Waals surface area contributed by atoms with Gasteiger partial charge >= 0.3 is 22.4 Å². The molecule has 46 valence electrons. The summed E-state index contributed by atoms with van der Waals surface area (Å²) in [7, 11) is 0. The third-order valence-electron chi connectivity index (χ3n) is 0.787. The molecule has 0 aromatic heterocycles. The van der Waals surface area contributed by atoms with Gasteiger partial charge in [-0.05, 0) is 0 Å². The van der Waals surface area contributed by atoms with Gasteiger partial charge in [-0.1, -0.05) is 0 Å². The molecular weight excluding hydrogens is 186 g/mol. The van der Waals surface area contributed by atoms with Crippen LogP contribution in [0, 0.1) is 0 Å². The van der Waals surface area contributed by atoms with Crippen LogP contribution in [0.15, 0.2) is 0 Å². The number of hydrogen-bond donors (Lipinski definition) is 0. The van der Waals surface area contributed by atoms with Gasteiger partial charge in [-0.25, -0.2) is 0 Å². The van der Waals surface area contributed by atoms with Gasteiger partial charge in [-0.2, -0.15) is 0 Å². The molecule has 0 aliphatic carbocycles. The topological polar surface area (TPSA) is 23.3 Å². The normalized spacial score (nSPS) is 20.6. The molecule has 0 spiro atoms. The summed E-state index contributed by atoms with van der Waals surface area (Å²) >= 11 is 0. The van der Waals surface area contributed by atoms with Crippen LogP contribution in [0.4, 0.5) is 0 Å². The SMILES string of the molecule is C1COCC[N-]1.[Ag+]. The van der Waals surface area contributed by atoms with E-state index in [1.807, 2.05) is 0 Å². The molecule has 1 aliphatic heterocycles. The standard InChI is InChI=1S/C4H8NO.Ag/c1-3-6-4-2-5-1;/h1-4H2;/q-1;+1. The van der Waals surface area contributed by atoms with E-state index in [-0.39, 0.29) is 22.4 Å². The Bertz CT molecular complexity index is 27.2. The average molecular weight is 194 g/mol. The van der Waals surface area contributed by atoms with Gasteiger partial charge in [-0.3, -0.25) is 0 Å². The molecule has 0 aromatic rings. The zero-order valence-corrected chi connectivity index (χ0v) is 5.47. The van der Waals surface area contributed by atoms with Crippen LogP contribution in [0.25, 0.3) is 5.32 Å². The minimum atomic E-state index is 0. The van der Waals surface area contributed by atoms with Crippen molar-refractivity contribution in [3.63, 3.8) is 0 Å². The first-order valence-corrected chi connectivity index (χ1v) is 2.21. The van der Waals surface area contributed by atoms with Gasteiger partial charge in [-0.15, -0.1) is 13.1 Å². The van der Waals surface area contributed by atoms with Crippen LogP contribution in [-0.2, 0) is 27.1 Å². The quantitative estimate of drug-likeness (QED) is 0.511. The molecule has 3 heteroatoms. The van der Waals surface area contributed by atoms with E-state index in [1.54, 1.807) is 0 Å². The largest absolute Gasteiger partial charge is 1.00 e. The summed E-state index contributed by atoms with van der Waals surface area (Å²) in [5, 5.41) is 4.05. The van der Waals surface area contributed by atoms with E-state index in [2.05, 4.69) is 5.32 Å². The van der Waals surface area contributed by atoms with Crippen molar-refractivity contribution in [3.05, 3.63) is 5.32 Å². The Hall–Kier alpha value is 0.660. The third-order valence-corrected chi connectivity index (χ3v) is 0.787. The van der Waals surface area contributed by atoms with E-state index in [9.17, 15) is 0 Å². The number of nitrogens with zero attached hydrogens (tertiary/aromatic N) is 1. The summed E-state index contributed by atoms with van der Waals surface area (Å²) in [6.07, 6.45) is 0. The van der Waals surface area contributed by atoms with Crippen molar-refractivity contribution in [3.8, 4) is 0 Å². The van der Waals surface area contributed by atoms with Gasteiger partial charge in [0.25, 0.3) is 0 Å². The molecule has 1 rings (SSSR count). The molecule has 1 heterocycles. The minimum Gasteiger partial charge on any atom is -0.659 e. The van der Waals surface area contributed by atoms with Gasteiger partial charge in [0, 0.05) is 13.2 Å². The summed E-state index contributed by atoms with van der Waals surface area (Å²) in [5.74, 6) is 0. The van der Waals surface area contributed by atoms with Gasteiger partial charge in [0.1, 0.15) is 0 Å². The predicted molar refractivity (Wildman–Crippen MR) is 23.9 cm³/mol. The monoisotopic (exact) mass is 193 g/mol. The fourth-order valence-electron chi connectivity index (χ4n) is 0.472. The van der Waals surface area contributed by atoms with Crippen LogP contribution >= 0.6 is 0 Å². The first-order chi connectivity index (χ1) is 3.00. The van der Waals surface area contributed by atoms with E-state index >= 15 is 0 Å². The van der Waals surface area contributed by atoms with E-state index in [0.29, 0.717) is 0 Å². The van der Waals surface area contributed by atoms with Crippen molar-refractivity contribution < 1.29 is 27.1 Å². The van der Waals surface area contributed by atoms with E-state index in [0.717, 1.165) is 26.3 Å².